The number of amides is 1. The molecule has 1 heterocycles. The van der Waals surface area contributed by atoms with Gasteiger partial charge in [-0.05, 0) is 20.8 Å². The molecule has 0 radical (unpaired) electrons. The van der Waals surface area contributed by atoms with Crippen molar-refractivity contribution in [1.82, 2.24) is 4.90 Å². The van der Waals surface area contributed by atoms with Crippen molar-refractivity contribution in [3.63, 3.8) is 0 Å². The zero-order chi connectivity index (χ0) is 15.5. The summed E-state index contributed by atoms with van der Waals surface area (Å²) in [6.07, 6.45) is -3.12. The minimum atomic E-state index is -1.29. The van der Waals surface area contributed by atoms with Crippen molar-refractivity contribution >= 4 is 18.0 Å². The van der Waals surface area contributed by atoms with Gasteiger partial charge in [-0.3, -0.25) is 0 Å². The largest absolute Gasteiger partial charge is 0.479 e. The van der Waals surface area contributed by atoms with Crippen LogP contribution in [0.5, 0.6) is 0 Å². The highest BCUT2D eigenvalue weighted by atomic mass is 16.6. The highest BCUT2D eigenvalue weighted by Gasteiger charge is 2.39. The molecule has 1 fully saturated rings. The number of methoxy groups -OCH3 is 1. The Hall–Kier alpha value is -1.83. The van der Waals surface area contributed by atoms with Gasteiger partial charge < -0.3 is 24.2 Å². The Kier molecular flexibility index (Phi) is 4.93. The Morgan fingerprint density at radius 1 is 1.20 bits per heavy atom. The topological polar surface area (TPSA) is 102 Å². The van der Waals surface area contributed by atoms with Gasteiger partial charge in [-0.2, -0.15) is 0 Å². The van der Waals surface area contributed by atoms with Crippen molar-refractivity contribution in [2.45, 2.75) is 38.6 Å². The molecule has 1 N–H and O–H groups in total. The van der Waals surface area contributed by atoms with Crippen LogP contribution in [0.4, 0.5) is 4.79 Å². The summed E-state index contributed by atoms with van der Waals surface area (Å²) >= 11 is 0. The molecule has 2 atom stereocenters. The smallest absolute Gasteiger partial charge is 0.410 e. The minimum Gasteiger partial charge on any atom is -0.479 e. The van der Waals surface area contributed by atoms with Gasteiger partial charge in [0.2, 0.25) is 0 Å². The van der Waals surface area contributed by atoms with Crippen molar-refractivity contribution in [2.75, 3.05) is 20.2 Å². The predicted octanol–water partition coefficient (Wildman–Crippen LogP) is 0.248. The van der Waals surface area contributed by atoms with Crippen LogP contribution >= 0.6 is 0 Å². The molecule has 0 aromatic heterocycles. The molecule has 0 aromatic rings. The first kappa shape index (κ1) is 16.2. The Balaban J connectivity index is 2.82. The molecule has 8 nitrogen and oxygen atoms in total. The summed E-state index contributed by atoms with van der Waals surface area (Å²) < 4.78 is 14.8. The van der Waals surface area contributed by atoms with Crippen molar-refractivity contribution in [2.24, 2.45) is 0 Å². The van der Waals surface area contributed by atoms with Crippen LogP contribution < -0.4 is 0 Å². The molecule has 1 aliphatic heterocycles. The monoisotopic (exact) mass is 289 g/mol. The van der Waals surface area contributed by atoms with Gasteiger partial charge in [0.15, 0.2) is 12.2 Å². The number of carboxylic acids is 1. The Bertz CT molecular complexity index is 401. The number of rotatable bonds is 2. The maximum absolute atomic E-state index is 11.9. The van der Waals surface area contributed by atoms with E-state index in [9.17, 15) is 14.4 Å². The lowest BCUT2D eigenvalue weighted by Crippen LogP contribution is -2.55. The lowest BCUT2D eigenvalue weighted by Gasteiger charge is -2.35. The molecule has 8 heteroatoms. The molecule has 114 valence electrons. The minimum absolute atomic E-state index is 0.106. The first-order valence-electron chi connectivity index (χ1n) is 6.08. The second-order valence-electron chi connectivity index (χ2n) is 5.36. The van der Waals surface area contributed by atoms with Gasteiger partial charge in [-0.25, -0.2) is 14.4 Å². The zero-order valence-electron chi connectivity index (χ0n) is 11.9. The van der Waals surface area contributed by atoms with E-state index in [1.165, 1.54) is 0 Å². The van der Waals surface area contributed by atoms with E-state index < -0.39 is 35.8 Å². The highest BCUT2D eigenvalue weighted by molar-refractivity contribution is 5.79. The van der Waals surface area contributed by atoms with E-state index in [-0.39, 0.29) is 13.1 Å². The van der Waals surface area contributed by atoms with Gasteiger partial charge in [0.05, 0.1) is 20.2 Å². The first-order valence-corrected chi connectivity index (χ1v) is 6.08. The first-order chi connectivity index (χ1) is 9.14. The third kappa shape index (κ3) is 4.37. The Labute approximate surface area is 116 Å². The van der Waals surface area contributed by atoms with Crippen LogP contribution in [0.25, 0.3) is 0 Å². The third-order valence-corrected chi connectivity index (χ3v) is 2.49. The molecule has 0 spiro atoms. The Morgan fingerprint density at radius 3 is 2.20 bits per heavy atom. The molecular weight excluding hydrogens is 270 g/mol. The number of ether oxygens (including phenoxy) is 3. The number of carbonyl (C=O) groups is 3. The lowest BCUT2D eigenvalue weighted by atomic mass is 10.2. The molecule has 1 rings (SSSR count). The predicted molar refractivity (Wildman–Crippen MR) is 66.1 cm³/mol. The summed E-state index contributed by atoms with van der Waals surface area (Å²) in [5, 5.41) is 8.99. The normalized spacial score (nSPS) is 23.1. The fraction of sp³-hybridized carbons (Fsp3) is 0.750. The fourth-order valence-corrected chi connectivity index (χ4v) is 1.63. The molecule has 0 aliphatic carbocycles. The summed E-state index contributed by atoms with van der Waals surface area (Å²) in [5.74, 6) is -1.99. The van der Waals surface area contributed by atoms with Crippen LogP contribution in [0.3, 0.4) is 0 Å². The van der Waals surface area contributed by atoms with Crippen molar-refractivity contribution in [3.8, 4) is 0 Å². The summed E-state index contributed by atoms with van der Waals surface area (Å²) in [6.45, 7) is 4.79. The van der Waals surface area contributed by atoms with Gasteiger partial charge in [-0.15, -0.1) is 0 Å². The molecule has 0 saturated carbocycles. The van der Waals surface area contributed by atoms with Crippen LogP contribution in [-0.2, 0) is 23.8 Å². The SMILES string of the molecule is COC(=O)[C@H]1CN(C(=O)OC(C)(C)C)C[C@@H](C(=O)O)O1. The van der Waals surface area contributed by atoms with Crippen LogP contribution in [0.2, 0.25) is 0 Å². The zero-order valence-corrected chi connectivity index (χ0v) is 11.9. The number of esters is 1. The van der Waals surface area contributed by atoms with Gasteiger partial charge in [-0.1, -0.05) is 0 Å². The van der Waals surface area contributed by atoms with Gasteiger partial charge in [0.25, 0.3) is 0 Å². The van der Waals surface area contributed by atoms with E-state index in [2.05, 4.69) is 4.74 Å². The number of aliphatic carboxylic acids is 1. The van der Waals surface area contributed by atoms with E-state index in [1.54, 1.807) is 20.8 Å². The number of hydrogen-bond donors (Lipinski definition) is 1. The van der Waals surface area contributed by atoms with Gasteiger partial charge in [0.1, 0.15) is 5.60 Å². The van der Waals surface area contributed by atoms with Gasteiger partial charge in [0, 0.05) is 0 Å². The summed E-state index contributed by atoms with van der Waals surface area (Å²) in [6, 6.07) is 0. The number of hydrogen-bond acceptors (Lipinski definition) is 6. The van der Waals surface area contributed by atoms with E-state index in [4.69, 9.17) is 14.6 Å². The number of nitrogens with zero attached hydrogens (tertiary/aromatic N) is 1. The number of carbonyl (C=O) groups excluding carboxylic acids is 2. The molecule has 1 saturated heterocycles. The molecule has 20 heavy (non-hydrogen) atoms. The van der Waals surface area contributed by atoms with Crippen molar-refractivity contribution in [3.05, 3.63) is 0 Å². The average molecular weight is 289 g/mol. The summed E-state index contributed by atoms with van der Waals surface area (Å²) in [7, 11) is 1.16. The van der Waals surface area contributed by atoms with Crippen LogP contribution in [0.15, 0.2) is 0 Å². The van der Waals surface area contributed by atoms with Crippen molar-refractivity contribution in [1.29, 1.82) is 0 Å². The standard InChI is InChI=1S/C12H19NO7/c1-12(2,3)20-11(17)13-5-7(9(14)15)19-8(6-13)10(16)18-4/h7-8H,5-6H2,1-4H3,(H,14,15)/t7-,8+/m0/s1. The molecule has 1 aliphatic rings. The second-order valence-corrected chi connectivity index (χ2v) is 5.36. The van der Waals surface area contributed by atoms with E-state index in [1.807, 2.05) is 0 Å². The van der Waals surface area contributed by atoms with Gasteiger partial charge >= 0.3 is 18.0 Å². The van der Waals surface area contributed by atoms with E-state index in [0.717, 1.165) is 12.0 Å². The van der Waals surface area contributed by atoms with Crippen molar-refractivity contribution < 1.29 is 33.7 Å². The highest BCUT2D eigenvalue weighted by Crippen LogP contribution is 2.17. The van der Waals surface area contributed by atoms with Crippen LogP contribution in [-0.4, -0.2) is 66.0 Å². The lowest BCUT2D eigenvalue weighted by molar-refractivity contribution is -0.177. The molecule has 0 unspecified atom stereocenters. The Morgan fingerprint density at radius 2 is 1.75 bits per heavy atom. The quantitative estimate of drug-likeness (QED) is 0.727. The maximum atomic E-state index is 11.9. The van der Waals surface area contributed by atoms with E-state index in [0.29, 0.717) is 0 Å². The third-order valence-electron chi connectivity index (χ3n) is 2.49. The molecule has 0 aromatic carbocycles. The summed E-state index contributed by atoms with van der Waals surface area (Å²) in [4.78, 5) is 35.6. The molecule has 1 amide bonds. The van der Waals surface area contributed by atoms with Crippen LogP contribution in [0.1, 0.15) is 20.8 Å². The van der Waals surface area contributed by atoms with Crippen LogP contribution in [0, 0.1) is 0 Å². The van der Waals surface area contributed by atoms with E-state index >= 15 is 0 Å². The second kappa shape index (κ2) is 6.08. The fourth-order valence-electron chi connectivity index (χ4n) is 1.63. The maximum Gasteiger partial charge on any atom is 0.410 e. The molecule has 0 bridgehead atoms. The molecular formula is C12H19NO7. The number of morpholine rings is 1. The summed E-state index contributed by atoms with van der Waals surface area (Å²) in [5.41, 5.74) is -0.713. The average Bonchev–Trinajstić information content (AvgIpc) is 2.35. The number of carboxylic acid groups (broad SMARTS) is 1.